The van der Waals surface area contributed by atoms with E-state index in [4.69, 9.17) is 11.6 Å². The highest BCUT2D eigenvalue weighted by molar-refractivity contribution is 7.09. The van der Waals surface area contributed by atoms with Crippen molar-refractivity contribution < 1.29 is 5.11 Å². The Morgan fingerprint density at radius 2 is 2.42 bits per heavy atom. The number of hydrogen-bond donors (Lipinski definition) is 1. The van der Waals surface area contributed by atoms with Crippen LogP contribution in [0.4, 0.5) is 0 Å². The summed E-state index contributed by atoms with van der Waals surface area (Å²) in [6.45, 7) is 5.26. The highest BCUT2D eigenvalue weighted by atomic mass is 35.5. The summed E-state index contributed by atoms with van der Waals surface area (Å²) in [5.74, 6) is 0.996. The quantitative estimate of drug-likeness (QED) is 0.621. The Morgan fingerprint density at radius 1 is 1.58 bits per heavy atom. The predicted molar refractivity (Wildman–Crippen MR) is 80.8 cm³/mol. The molecule has 5 heteroatoms. The van der Waals surface area contributed by atoms with E-state index < -0.39 is 0 Å². The van der Waals surface area contributed by atoms with Gasteiger partial charge in [0.1, 0.15) is 0 Å². The number of likely N-dealkylation sites (tertiary alicyclic amines) is 1. The summed E-state index contributed by atoms with van der Waals surface area (Å²) in [6, 6.07) is 0. The Labute approximate surface area is 124 Å². The van der Waals surface area contributed by atoms with Gasteiger partial charge in [0.05, 0.1) is 22.7 Å². The van der Waals surface area contributed by atoms with Crippen LogP contribution >= 0.6 is 22.9 Å². The Kier molecular flexibility index (Phi) is 6.07. The Morgan fingerprint density at radius 3 is 3.05 bits per heavy atom. The zero-order valence-electron chi connectivity index (χ0n) is 11.5. The van der Waals surface area contributed by atoms with Crippen LogP contribution in [0.3, 0.4) is 0 Å². The number of hydrogen-bond acceptors (Lipinski definition) is 4. The smallest absolute Gasteiger partial charge is 0.0928 e. The number of unbranched alkanes of at least 4 members (excludes halogenated alkanes) is 1. The average molecular weight is 303 g/mol. The lowest BCUT2D eigenvalue weighted by Crippen LogP contribution is -2.25. The maximum absolute atomic E-state index is 9.57. The third kappa shape index (κ3) is 4.71. The molecule has 0 aromatic carbocycles. The van der Waals surface area contributed by atoms with E-state index in [2.05, 4.69) is 15.3 Å². The summed E-state index contributed by atoms with van der Waals surface area (Å²) in [7, 11) is 0. The molecule has 1 saturated heterocycles. The van der Waals surface area contributed by atoms with Gasteiger partial charge in [-0.15, -0.1) is 22.9 Å². The minimum atomic E-state index is -0.158. The van der Waals surface area contributed by atoms with Crippen molar-refractivity contribution in [2.24, 2.45) is 5.92 Å². The monoisotopic (exact) mass is 302 g/mol. The van der Waals surface area contributed by atoms with Gasteiger partial charge in [-0.05, 0) is 51.6 Å². The van der Waals surface area contributed by atoms with Crippen molar-refractivity contribution in [3.63, 3.8) is 0 Å². The molecule has 108 valence electrons. The molecule has 1 N–H and O–H groups in total. The number of aliphatic hydroxyl groups is 1. The number of nitrogens with zero attached hydrogens (tertiary/aromatic N) is 2. The van der Waals surface area contributed by atoms with Gasteiger partial charge in [-0.2, -0.15) is 0 Å². The lowest BCUT2D eigenvalue weighted by Gasteiger charge is -2.16. The molecule has 0 bridgehead atoms. The largest absolute Gasteiger partial charge is 0.393 e. The van der Waals surface area contributed by atoms with Crippen LogP contribution in [0.25, 0.3) is 0 Å². The van der Waals surface area contributed by atoms with Gasteiger partial charge >= 0.3 is 0 Å². The number of aryl methyl sites for hydroxylation is 1. The van der Waals surface area contributed by atoms with Crippen LogP contribution in [-0.2, 0) is 12.3 Å². The fourth-order valence-corrected chi connectivity index (χ4v) is 3.66. The molecule has 2 heterocycles. The van der Waals surface area contributed by atoms with Gasteiger partial charge in [-0.25, -0.2) is 4.98 Å². The van der Waals surface area contributed by atoms with Crippen molar-refractivity contribution >= 4 is 22.9 Å². The van der Waals surface area contributed by atoms with Crippen LogP contribution in [0.15, 0.2) is 5.38 Å². The second-order valence-electron chi connectivity index (χ2n) is 5.41. The third-order valence-electron chi connectivity index (χ3n) is 3.84. The highest BCUT2D eigenvalue weighted by Gasteiger charge is 2.25. The van der Waals surface area contributed by atoms with Crippen molar-refractivity contribution in [3.8, 4) is 0 Å². The molecular weight excluding hydrogens is 280 g/mol. The molecule has 0 aliphatic carbocycles. The summed E-state index contributed by atoms with van der Waals surface area (Å²) < 4.78 is 0. The average Bonchev–Trinajstić information content (AvgIpc) is 3.03. The summed E-state index contributed by atoms with van der Waals surface area (Å²) in [5, 5.41) is 12.8. The van der Waals surface area contributed by atoms with Crippen molar-refractivity contribution in [2.75, 3.05) is 19.6 Å². The van der Waals surface area contributed by atoms with E-state index in [9.17, 15) is 5.11 Å². The molecule has 2 rings (SSSR count). The second kappa shape index (κ2) is 7.58. The fourth-order valence-electron chi connectivity index (χ4n) is 2.60. The van der Waals surface area contributed by atoms with E-state index in [0.717, 1.165) is 38.2 Å². The number of aliphatic hydroxyl groups excluding tert-OH is 1. The minimum Gasteiger partial charge on any atom is -0.393 e. The number of rotatable bonds is 7. The number of alkyl halides is 1. The maximum Gasteiger partial charge on any atom is 0.0928 e. The molecule has 2 atom stereocenters. The summed E-state index contributed by atoms with van der Waals surface area (Å²) in [4.78, 5) is 6.95. The molecule has 0 saturated carbocycles. The van der Waals surface area contributed by atoms with Gasteiger partial charge in [0, 0.05) is 11.9 Å². The van der Waals surface area contributed by atoms with Crippen molar-refractivity contribution in [1.82, 2.24) is 9.88 Å². The maximum atomic E-state index is 9.57. The summed E-state index contributed by atoms with van der Waals surface area (Å²) in [5.41, 5.74) is 1.00. The van der Waals surface area contributed by atoms with Crippen LogP contribution < -0.4 is 0 Å². The van der Waals surface area contributed by atoms with Crippen LogP contribution in [-0.4, -0.2) is 40.7 Å². The second-order valence-corrected chi connectivity index (χ2v) is 6.62. The van der Waals surface area contributed by atoms with Crippen molar-refractivity contribution in [1.29, 1.82) is 0 Å². The number of aromatic nitrogens is 1. The van der Waals surface area contributed by atoms with Gasteiger partial charge in [0.2, 0.25) is 0 Å². The third-order valence-corrected chi connectivity index (χ3v) is 5.07. The topological polar surface area (TPSA) is 36.4 Å². The zero-order chi connectivity index (χ0) is 13.7. The van der Waals surface area contributed by atoms with E-state index in [0.29, 0.717) is 11.8 Å². The van der Waals surface area contributed by atoms with Crippen LogP contribution in [0.5, 0.6) is 0 Å². The standard InChI is InChI=1S/C14H23ClN2OS/c1-11(18)12-5-7-17(9-12)6-3-2-4-14-16-13(8-15)10-19-14/h10-12,18H,2-9H2,1H3. The Bertz CT molecular complexity index is 383. The van der Waals surface area contributed by atoms with E-state index in [1.807, 2.05) is 6.92 Å². The lowest BCUT2D eigenvalue weighted by atomic mass is 10.0. The van der Waals surface area contributed by atoms with E-state index in [-0.39, 0.29) is 6.10 Å². The molecular formula is C14H23ClN2OS. The van der Waals surface area contributed by atoms with Crippen LogP contribution in [0.2, 0.25) is 0 Å². The van der Waals surface area contributed by atoms with E-state index >= 15 is 0 Å². The molecule has 1 aliphatic rings. The first kappa shape index (κ1) is 15.2. The molecule has 1 aliphatic heterocycles. The molecule has 19 heavy (non-hydrogen) atoms. The lowest BCUT2D eigenvalue weighted by molar-refractivity contribution is 0.127. The normalized spacial score (nSPS) is 21.9. The molecule has 0 radical (unpaired) electrons. The summed E-state index contributed by atoms with van der Waals surface area (Å²) in [6.07, 6.45) is 4.44. The van der Waals surface area contributed by atoms with Gasteiger partial charge in [-0.1, -0.05) is 0 Å². The molecule has 1 aromatic rings. The minimum absolute atomic E-state index is 0.158. The van der Waals surface area contributed by atoms with Crippen LogP contribution in [0, 0.1) is 5.92 Å². The number of thiazole rings is 1. The van der Waals surface area contributed by atoms with Crippen molar-refractivity contribution in [2.45, 2.75) is 44.6 Å². The van der Waals surface area contributed by atoms with E-state index in [1.165, 1.54) is 17.8 Å². The van der Waals surface area contributed by atoms with Gasteiger partial charge in [0.15, 0.2) is 0 Å². The van der Waals surface area contributed by atoms with Crippen molar-refractivity contribution in [3.05, 3.63) is 16.1 Å². The van der Waals surface area contributed by atoms with E-state index in [1.54, 1.807) is 11.3 Å². The predicted octanol–water partition coefficient (Wildman–Crippen LogP) is 2.91. The van der Waals surface area contributed by atoms with Gasteiger partial charge in [-0.3, -0.25) is 0 Å². The van der Waals surface area contributed by atoms with Gasteiger partial charge in [0.25, 0.3) is 0 Å². The molecule has 3 nitrogen and oxygen atoms in total. The molecule has 0 spiro atoms. The number of halogens is 1. The van der Waals surface area contributed by atoms with Crippen LogP contribution in [0.1, 0.15) is 36.9 Å². The first-order valence-corrected chi connectivity index (χ1v) is 8.50. The molecule has 2 unspecified atom stereocenters. The highest BCUT2D eigenvalue weighted by Crippen LogP contribution is 2.20. The SMILES string of the molecule is CC(O)C1CCN(CCCCc2nc(CCl)cs2)C1. The fraction of sp³-hybridized carbons (Fsp3) is 0.786. The first-order valence-electron chi connectivity index (χ1n) is 7.08. The first-order chi connectivity index (χ1) is 9.19. The zero-order valence-corrected chi connectivity index (χ0v) is 13.1. The summed E-state index contributed by atoms with van der Waals surface area (Å²) >= 11 is 7.46. The molecule has 1 fully saturated rings. The Hall–Kier alpha value is -0.160. The Balaban J connectivity index is 1.60. The molecule has 0 amide bonds. The molecule has 1 aromatic heterocycles. The van der Waals surface area contributed by atoms with Gasteiger partial charge < -0.3 is 10.0 Å².